The summed E-state index contributed by atoms with van der Waals surface area (Å²) in [4.78, 5) is 4.34. The van der Waals surface area contributed by atoms with E-state index >= 15 is 0 Å². The minimum absolute atomic E-state index is 0.515. The first-order chi connectivity index (χ1) is 6.83. The molecule has 3 nitrogen and oxygen atoms in total. The van der Waals surface area contributed by atoms with Gasteiger partial charge in [-0.05, 0) is 0 Å². The van der Waals surface area contributed by atoms with Crippen LogP contribution in [0.3, 0.4) is 0 Å². The van der Waals surface area contributed by atoms with Gasteiger partial charge < -0.3 is 10.3 Å². The molecular weight excluding hydrogens is 174 g/mol. The van der Waals surface area contributed by atoms with Crippen LogP contribution in [0.4, 0.5) is 0 Å². The summed E-state index contributed by atoms with van der Waals surface area (Å²) in [6, 6.07) is 10.1. The summed E-state index contributed by atoms with van der Waals surface area (Å²) in [6.07, 6.45) is 1.80. The predicted molar refractivity (Wildman–Crippen MR) is 56.5 cm³/mol. The molecule has 0 saturated carbocycles. The Morgan fingerprint density at radius 2 is 2.00 bits per heavy atom. The SMILES string of the molecule is Cn1cnc(-c2ccccc2)c1CN. The zero-order valence-corrected chi connectivity index (χ0v) is 8.14. The number of hydrogen-bond acceptors (Lipinski definition) is 2. The predicted octanol–water partition coefficient (Wildman–Crippen LogP) is 1.55. The van der Waals surface area contributed by atoms with Crippen molar-refractivity contribution in [2.45, 2.75) is 6.54 Å². The Morgan fingerprint density at radius 3 is 2.64 bits per heavy atom. The van der Waals surface area contributed by atoms with Crippen molar-refractivity contribution in [2.24, 2.45) is 12.8 Å². The van der Waals surface area contributed by atoms with Crippen molar-refractivity contribution in [1.82, 2.24) is 9.55 Å². The van der Waals surface area contributed by atoms with Crippen LogP contribution >= 0.6 is 0 Å². The number of aryl methyl sites for hydroxylation is 1. The molecule has 0 aliphatic heterocycles. The average Bonchev–Trinajstić information content (AvgIpc) is 2.61. The highest BCUT2D eigenvalue weighted by atomic mass is 15.0. The molecule has 2 aromatic rings. The van der Waals surface area contributed by atoms with Crippen molar-refractivity contribution >= 4 is 0 Å². The Kier molecular flexibility index (Phi) is 2.33. The molecule has 72 valence electrons. The van der Waals surface area contributed by atoms with Crippen molar-refractivity contribution in [1.29, 1.82) is 0 Å². The van der Waals surface area contributed by atoms with Gasteiger partial charge in [0.2, 0.25) is 0 Å². The fourth-order valence-electron chi connectivity index (χ4n) is 1.53. The van der Waals surface area contributed by atoms with Crippen LogP contribution in [0.1, 0.15) is 5.69 Å². The molecule has 0 fully saturated rings. The average molecular weight is 187 g/mol. The lowest BCUT2D eigenvalue weighted by Crippen LogP contribution is -2.04. The van der Waals surface area contributed by atoms with Gasteiger partial charge in [0.1, 0.15) is 0 Å². The molecule has 2 rings (SSSR count). The van der Waals surface area contributed by atoms with E-state index in [1.807, 2.05) is 41.9 Å². The van der Waals surface area contributed by atoms with Gasteiger partial charge in [-0.15, -0.1) is 0 Å². The summed E-state index contributed by atoms with van der Waals surface area (Å²) in [7, 11) is 1.96. The van der Waals surface area contributed by atoms with Gasteiger partial charge in [-0.3, -0.25) is 0 Å². The largest absolute Gasteiger partial charge is 0.336 e. The molecule has 1 aromatic heterocycles. The van der Waals surface area contributed by atoms with Gasteiger partial charge in [0.05, 0.1) is 17.7 Å². The fourth-order valence-corrected chi connectivity index (χ4v) is 1.53. The number of nitrogens with zero attached hydrogens (tertiary/aromatic N) is 2. The first kappa shape index (κ1) is 8.97. The first-order valence-corrected chi connectivity index (χ1v) is 4.58. The Balaban J connectivity index is 2.52. The second-order valence-corrected chi connectivity index (χ2v) is 3.22. The smallest absolute Gasteiger partial charge is 0.0953 e. The zero-order valence-electron chi connectivity index (χ0n) is 8.14. The number of nitrogens with two attached hydrogens (primary N) is 1. The summed E-state index contributed by atoms with van der Waals surface area (Å²) < 4.78 is 1.96. The fraction of sp³-hybridized carbons (Fsp3) is 0.182. The zero-order chi connectivity index (χ0) is 9.97. The van der Waals surface area contributed by atoms with E-state index in [0.29, 0.717) is 6.54 Å². The van der Waals surface area contributed by atoms with Crippen LogP contribution in [-0.2, 0) is 13.6 Å². The molecule has 0 saturated heterocycles. The van der Waals surface area contributed by atoms with Gasteiger partial charge in [0.25, 0.3) is 0 Å². The highest BCUT2D eigenvalue weighted by Crippen LogP contribution is 2.20. The van der Waals surface area contributed by atoms with Gasteiger partial charge in [-0.1, -0.05) is 30.3 Å². The third-order valence-electron chi connectivity index (χ3n) is 2.30. The molecule has 0 bridgehead atoms. The topological polar surface area (TPSA) is 43.8 Å². The maximum Gasteiger partial charge on any atom is 0.0953 e. The van der Waals surface area contributed by atoms with Crippen LogP contribution in [-0.4, -0.2) is 9.55 Å². The standard InChI is InChI=1S/C11H13N3/c1-14-8-13-11(10(14)7-12)9-5-3-2-4-6-9/h2-6,8H,7,12H2,1H3. The number of aromatic nitrogens is 2. The Bertz CT molecular complexity index is 417. The molecule has 2 N–H and O–H groups in total. The van der Waals surface area contributed by atoms with Crippen LogP contribution in [0.2, 0.25) is 0 Å². The summed E-state index contributed by atoms with van der Waals surface area (Å²) >= 11 is 0. The highest BCUT2D eigenvalue weighted by Gasteiger charge is 2.08. The van der Waals surface area contributed by atoms with Gasteiger partial charge >= 0.3 is 0 Å². The molecule has 0 aliphatic carbocycles. The van der Waals surface area contributed by atoms with Gasteiger partial charge in [0, 0.05) is 19.2 Å². The van der Waals surface area contributed by atoms with E-state index in [-0.39, 0.29) is 0 Å². The molecule has 1 aromatic carbocycles. The van der Waals surface area contributed by atoms with Gasteiger partial charge in [0.15, 0.2) is 0 Å². The van der Waals surface area contributed by atoms with E-state index < -0.39 is 0 Å². The van der Waals surface area contributed by atoms with Crippen LogP contribution in [0.5, 0.6) is 0 Å². The molecule has 0 unspecified atom stereocenters. The third kappa shape index (κ3) is 1.42. The van der Waals surface area contributed by atoms with Crippen LogP contribution < -0.4 is 5.73 Å². The van der Waals surface area contributed by atoms with E-state index in [2.05, 4.69) is 4.98 Å². The van der Waals surface area contributed by atoms with Crippen molar-refractivity contribution in [2.75, 3.05) is 0 Å². The molecule has 0 aliphatic rings. The van der Waals surface area contributed by atoms with Crippen molar-refractivity contribution in [3.8, 4) is 11.3 Å². The van der Waals surface area contributed by atoms with E-state index in [0.717, 1.165) is 17.0 Å². The molecule has 0 atom stereocenters. The molecule has 0 radical (unpaired) electrons. The normalized spacial score (nSPS) is 10.4. The quantitative estimate of drug-likeness (QED) is 0.775. The second-order valence-electron chi connectivity index (χ2n) is 3.22. The number of imidazole rings is 1. The lowest BCUT2D eigenvalue weighted by atomic mass is 10.1. The van der Waals surface area contributed by atoms with Crippen LogP contribution in [0, 0.1) is 0 Å². The van der Waals surface area contributed by atoms with Gasteiger partial charge in [-0.2, -0.15) is 0 Å². The first-order valence-electron chi connectivity index (χ1n) is 4.58. The third-order valence-corrected chi connectivity index (χ3v) is 2.30. The lowest BCUT2D eigenvalue weighted by molar-refractivity contribution is 0.822. The molecule has 0 amide bonds. The van der Waals surface area contributed by atoms with Crippen molar-refractivity contribution in [3.63, 3.8) is 0 Å². The maximum atomic E-state index is 5.67. The van der Waals surface area contributed by atoms with E-state index in [4.69, 9.17) is 5.73 Å². The minimum Gasteiger partial charge on any atom is -0.336 e. The lowest BCUT2D eigenvalue weighted by Gasteiger charge is -2.02. The summed E-state index contributed by atoms with van der Waals surface area (Å²) in [5.74, 6) is 0. The van der Waals surface area contributed by atoms with E-state index in [9.17, 15) is 0 Å². The number of rotatable bonds is 2. The number of benzene rings is 1. The van der Waals surface area contributed by atoms with E-state index in [1.54, 1.807) is 6.33 Å². The maximum absolute atomic E-state index is 5.67. The summed E-state index contributed by atoms with van der Waals surface area (Å²) in [5.41, 5.74) is 8.84. The molecular formula is C11H13N3. The highest BCUT2D eigenvalue weighted by molar-refractivity contribution is 5.61. The van der Waals surface area contributed by atoms with Crippen LogP contribution in [0.15, 0.2) is 36.7 Å². The Labute approximate surface area is 83.2 Å². The molecule has 14 heavy (non-hydrogen) atoms. The van der Waals surface area contributed by atoms with Crippen molar-refractivity contribution in [3.05, 3.63) is 42.4 Å². The van der Waals surface area contributed by atoms with Crippen molar-refractivity contribution < 1.29 is 0 Å². The monoisotopic (exact) mass is 187 g/mol. The number of hydrogen-bond donors (Lipinski definition) is 1. The second kappa shape index (κ2) is 3.64. The summed E-state index contributed by atoms with van der Waals surface area (Å²) in [6.45, 7) is 0.515. The molecule has 0 spiro atoms. The molecule has 3 heteroatoms. The Morgan fingerprint density at radius 1 is 1.29 bits per heavy atom. The van der Waals surface area contributed by atoms with Gasteiger partial charge in [-0.25, -0.2) is 4.98 Å². The molecule has 1 heterocycles. The summed E-state index contributed by atoms with van der Waals surface area (Å²) in [5, 5.41) is 0. The Hall–Kier alpha value is -1.61. The minimum atomic E-state index is 0.515. The van der Waals surface area contributed by atoms with Crippen LogP contribution in [0.25, 0.3) is 11.3 Å². The van der Waals surface area contributed by atoms with E-state index in [1.165, 1.54) is 0 Å².